The number of hydrogen-bond acceptors (Lipinski definition) is 9. The highest BCUT2D eigenvalue weighted by Crippen LogP contribution is 2.39. The molecule has 0 radical (unpaired) electrons. The molecule has 16 heteroatoms. The third-order valence-corrected chi connectivity index (χ3v) is 8.58. The van der Waals surface area contributed by atoms with Crippen molar-refractivity contribution in [3.05, 3.63) is 54.2 Å². The first-order chi connectivity index (χ1) is 19.2. The minimum absolute atomic E-state index is 0.0366. The van der Waals surface area contributed by atoms with Crippen LogP contribution in [-0.2, 0) is 35.0 Å². The molecule has 0 unspecified atom stereocenters. The van der Waals surface area contributed by atoms with E-state index in [0.29, 0.717) is 24.1 Å². The zero-order valence-corrected chi connectivity index (χ0v) is 24.9. The molecule has 3 rings (SSSR count). The lowest BCUT2D eigenvalue weighted by atomic mass is 9.65. The van der Waals surface area contributed by atoms with Gasteiger partial charge < -0.3 is 29.6 Å². The van der Waals surface area contributed by atoms with Crippen molar-refractivity contribution in [2.24, 2.45) is 5.92 Å². The van der Waals surface area contributed by atoms with Crippen LogP contribution in [0.3, 0.4) is 0 Å². The SMILES string of the molecule is CB(O)c1ccc(S(=O)(=O)N(CC(C)C)C[C@@H](OP(=O)(O)O)[C@H](Cc2ccccc2)NC(=O)O[C@H]2CCOC2)nc1. The van der Waals surface area contributed by atoms with Crippen molar-refractivity contribution >= 4 is 36.3 Å². The summed E-state index contributed by atoms with van der Waals surface area (Å²) in [6.07, 6.45) is -1.03. The number of carbonyl (C=O) groups is 1. The number of nitrogens with one attached hydrogen (secondary N) is 1. The van der Waals surface area contributed by atoms with Crippen LogP contribution in [0.5, 0.6) is 0 Å². The maximum atomic E-state index is 13.7. The van der Waals surface area contributed by atoms with Crippen molar-refractivity contribution in [3.63, 3.8) is 0 Å². The molecule has 226 valence electrons. The maximum Gasteiger partial charge on any atom is 0.469 e. The molecule has 41 heavy (non-hydrogen) atoms. The largest absolute Gasteiger partial charge is 0.469 e. The average Bonchev–Trinajstić information content (AvgIpc) is 3.40. The van der Waals surface area contributed by atoms with Crippen LogP contribution in [0.4, 0.5) is 4.79 Å². The number of sulfonamides is 1. The Morgan fingerprint density at radius 3 is 2.46 bits per heavy atom. The molecule has 3 atom stereocenters. The predicted molar refractivity (Wildman–Crippen MR) is 151 cm³/mol. The van der Waals surface area contributed by atoms with Crippen molar-refractivity contribution in [1.82, 2.24) is 14.6 Å². The van der Waals surface area contributed by atoms with Gasteiger partial charge in [-0.25, -0.2) is 22.8 Å². The van der Waals surface area contributed by atoms with Gasteiger partial charge in [0.2, 0.25) is 0 Å². The Kier molecular flexibility index (Phi) is 11.9. The molecule has 0 bridgehead atoms. The molecule has 2 aromatic rings. The number of alkyl carbamates (subject to hydrolysis) is 1. The molecule has 1 aliphatic rings. The van der Waals surface area contributed by atoms with E-state index in [4.69, 9.17) is 14.0 Å². The number of benzene rings is 1. The van der Waals surface area contributed by atoms with E-state index in [2.05, 4.69) is 10.3 Å². The molecule has 0 saturated carbocycles. The number of pyridine rings is 1. The van der Waals surface area contributed by atoms with Gasteiger partial charge in [-0.1, -0.05) is 57.1 Å². The van der Waals surface area contributed by atoms with E-state index in [1.54, 1.807) is 44.2 Å². The lowest BCUT2D eigenvalue weighted by Gasteiger charge is -2.33. The van der Waals surface area contributed by atoms with Crippen molar-refractivity contribution in [2.45, 2.75) is 56.8 Å². The summed E-state index contributed by atoms with van der Waals surface area (Å²) in [4.78, 5) is 36.4. The smallest absolute Gasteiger partial charge is 0.446 e. The quantitative estimate of drug-likeness (QED) is 0.177. The Morgan fingerprint density at radius 2 is 1.93 bits per heavy atom. The summed E-state index contributed by atoms with van der Waals surface area (Å²) in [6.45, 7) is 4.33. The first-order valence-electron chi connectivity index (χ1n) is 13.2. The van der Waals surface area contributed by atoms with Crippen molar-refractivity contribution in [3.8, 4) is 0 Å². The van der Waals surface area contributed by atoms with Crippen molar-refractivity contribution in [2.75, 3.05) is 26.3 Å². The van der Waals surface area contributed by atoms with Crippen LogP contribution in [0.15, 0.2) is 53.7 Å². The van der Waals surface area contributed by atoms with Gasteiger partial charge in [0.05, 0.1) is 19.3 Å². The molecule has 1 aromatic carbocycles. The van der Waals surface area contributed by atoms with Gasteiger partial charge in [-0.2, -0.15) is 4.31 Å². The Hall–Kier alpha value is -2.36. The van der Waals surface area contributed by atoms with Crippen LogP contribution in [0.1, 0.15) is 25.8 Å². The van der Waals surface area contributed by atoms with E-state index in [-0.39, 0.29) is 30.5 Å². The van der Waals surface area contributed by atoms with E-state index in [9.17, 15) is 32.6 Å². The second-order valence-corrected chi connectivity index (χ2v) is 13.4. The summed E-state index contributed by atoms with van der Waals surface area (Å²) in [5.74, 6) is -0.190. The van der Waals surface area contributed by atoms with Crippen molar-refractivity contribution in [1.29, 1.82) is 0 Å². The zero-order valence-electron chi connectivity index (χ0n) is 23.2. The van der Waals surface area contributed by atoms with Gasteiger partial charge in [-0.3, -0.25) is 4.52 Å². The second-order valence-electron chi connectivity index (χ2n) is 10.3. The number of ether oxygens (including phenoxy) is 2. The maximum absolute atomic E-state index is 13.7. The molecule has 0 aliphatic carbocycles. The predicted octanol–water partition coefficient (Wildman–Crippen LogP) is 1.15. The Bertz CT molecular complexity index is 1270. The molecule has 1 saturated heterocycles. The van der Waals surface area contributed by atoms with Crippen LogP contribution in [0.25, 0.3) is 0 Å². The molecule has 0 spiro atoms. The fourth-order valence-electron chi connectivity index (χ4n) is 4.30. The van der Waals surface area contributed by atoms with Crippen LogP contribution in [0, 0.1) is 5.92 Å². The molecular weight excluding hydrogens is 576 g/mol. The molecule has 1 amide bonds. The Labute approximate surface area is 240 Å². The summed E-state index contributed by atoms with van der Waals surface area (Å²) < 4.78 is 56.3. The summed E-state index contributed by atoms with van der Waals surface area (Å²) >= 11 is 0. The van der Waals surface area contributed by atoms with Gasteiger partial charge in [0.15, 0.2) is 5.03 Å². The first kappa shape index (κ1) is 33.2. The monoisotopic (exact) mass is 613 g/mol. The van der Waals surface area contributed by atoms with Gasteiger partial charge in [-0.15, -0.1) is 0 Å². The topological polar surface area (TPSA) is 185 Å². The van der Waals surface area contributed by atoms with Gasteiger partial charge in [-0.05, 0) is 29.4 Å². The van der Waals surface area contributed by atoms with Crippen LogP contribution in [0.2, 0.25) is 6.82 Å². The number of rotatable bonds is 14. The Morgan fingerprint density at radius 1 is 1.22 bits per heavy atom. The van der Waals surface area contributed by atoms with E-state index in [1.807, 2.05) is 0 Å². The summed E-state index contributed by atoms with van der Waals surface area (Å²) in [7, 11) is -9.46. The normalized spacial score (nSPS) is 17.4. The lowest BCUT2D eigenvalue weighted by molar-refractivity contribution is 0.0601. The summed E-state index contributed by atoms with van der Waals surface area (Å²) in [5, 5.41) is 12.1. The molecular formula is C25H37BN3O10PS. The standard InChI is InChI=1S/C25H37BN3O10PS/c1-18(2)15-29(41(35,36)24-10-9-20(14-27-24)26(3)31)16-23(39-40(32,33)34)22(13-19-7-5-4-6-8-19)28-25(30)38-21-11-12-37-17-21/h4-10,14,18,21-23,31H,11-13,15-17H2,1-3H3,(H,28,30)(H2,32,33,34)/t21-,22-,23+/m0/s1. The highest BCUT2D eigenvalue weighted by Gasteiger charge is 2.37. The number of phosphoric ester groups is 1. The summed E-state index contributed by atoms with van der Waals surface area (Å²) in [5.41, 5.74) is 1.12. The van der Waals surface area contributed by atoms with Crippen LogP contribution in [-0.4, -0.2) is 90.1 Å². The second kappa shape index (κ2) is 14.7. The number of hydrogen-bond donors (Lipinski definition) is 4. The third kappa shape index (κ3) is 10.5. The Balaban J connectivity index is 1.97. The van der Waals surface area contributed by atoms with E-state index in [1.165, 1.54) is 25.2 Å². The van der Waals surface area contributed by atoms with Gasteiger partial charge in [0.1, 0.15) is 12.2 Å². The number of carbonyl (C=O) groups excluding carboxylic acids is 1. The average molecular weight is 613 g/mol. The van der Waals surface area contributed by atoms with Crippen molar-refractivity contribution < 1.29 is 46.6 Å². The molecule has 1 aromatic heterocycles. The number of amides is 1. The molecule has 1 aliphatic heterocycles. The molecule has 2 heterocycles. The highest BCUT2D eigenvalue weighted by molar-refractivity contribution is 7.89. The van der Waals surface area contributed by atoms with Crippen LogP contribution >= 0.6 is 7.82 Å². The van der Waals surface area contributed by atoms with E-state index < -0.39 is 55.6 Å². The highest BCUT2D eigenvalue weighted by atomic mass is 32.2. The number of aromatic nitrogens is 1. The van der Waals surface area contributed by atoms with E-state index in [0.717, 1.165) is 4.31 Å². The van der Waals surface area contributed by atoms with Crippen LogP contribution < -0.4 is 10.8 Å². The lowest BCUT2D eigenvalue weighted by Crippen LogP contribution is -2.52. The minimum atomic E-state index is -5.16. The summed E-state index contributed by atoms with van der Waals surface area (Å²) in [6, 6.07) is 10.4. The fourth-order valence-corrected chi connectivity index (χ4v) is 6.39. The van der Waals surface area contributed by atoms with Gasteiger partial charge in [0.25, 0.3) is 10.0 Å². The number of phosphoric acid groups is 1. The number of nitrogens with zero attached hydrogens (tertiary/aromatic N) is 2. The third-order valence-electron chi connectivity index (χ3n) is 6.28. The molecule has 13 nitrogen and oxygen atoms in total. The zero-order chi connectivity index (χ0) is 30.2. The van der Waals surface area contributed by atoms with Gasteiger partial charge in [0, 0.05) is 25.7 Å². The van der Waals surface area contributed by atoms with E-state index >= 15 is 0 Å². The minimum Gasteiger partial charge on any atom is -0.446 e. The molecule has 1 fully saturated rings. The fraction of sp³-hybridized carbons (Fsp3) is 0.520. The van der Waals surface area contributed by atoms with Gasteiger partial charge >= 0.3 is 20.8 Å². The molecule has 4 N–H and O–H groups in total. The first-order valence-corrected chi connectivity index (χ1v) is 16.2.